The third-order valence-corrected chi connectivity index (χ3v) is 3.28. The number of rotatable bonds is 1. The Hall–Kier alpha value is -1.94. The first-order chi connectivity index (χ1) is 7.84. The van der Waals surface area contributed by atoms with Gasteiger partial charge in [-0.3, -0.25) is 9.97 Å². The Kier molecular flexibility index (Phi) is 2.08. The smallest absolute Gasteiger partial charge is 0.141 e. The number of benzene rings is 1. The molecule has 0 amide bonds. The van der Waals surface area contributed by atoms with Crippen molar-refractivity contribution in [1.29, 1.82) is 0 Å². The highest BCUT2D eigenvalue weighted by atomic mass is 32.1. The normalized spacial score (nSPS) is 10.8. The lowest BCUT2D eigenvalue weighted by atomic mass is 10.1. The summed E-state index contributed by atoms with van der Waals surface area (Å²) in [4.78, 5) is 9.09. The lowest BCUT2D eigenvalue weighted by molar-refractivity contribution is 0.479. The highest BCUT2D eigenvalue weighted by molar-refractivity contribution is 7.13. The molecule has 0 bridgehead atoms. The third-order valence-electron chi connectivity index (χ3n) is 2.46. The average Bonchev–Trinajstić information content (AvgIpc) is 2.83. The molecule has 1 aromatic carbocycles. The third kappa shape index (κ3) is 1.44. The van der Waals surface area contributed by atoms with Crippen molar-refractivity contribution in [2.24, 2.45) is 0 Å². The number of thiazole rings is 1. The fraction of sp³-hybridized carbons (Fsp3) is 0. The monoisotopic (exact) mass is 228 g/mol. The molecular formula is C12H8N2OS. The second kappa shape index (κ2) is 3.57. The van der Waals surface area contributed by atoms with Crippen molar-refractivity contribution < 1.29 is 5.11 Å². The Morgan fingerprint density at radius 2 is 2.00 bits per heavy atom. The van der Waals surface area contributed by atoms with Crippen LogP contribution in [0.1, 0.15) is 0 Å². The summed E-state index contributed by atoms with van der Waals surface area (Å²) in [5.74, 6) is 0.212. The second-order valence-corrected chi connectivity index (χ2v) is 4.35. The van der Waals surface area contributed by atoms with Crippen LogP contribution in [0.5, 0.6) is 5.75 Å². The van der Waals surface area contributed by atoms with Crippen LogP contribution >= 0.6 is 11.3 Å². The molecule has 2 aromatic heterocycles. The van der Waals surface area contributed by atoms with Gasteiger partial charge < -0.3 is 5.11 Å². The van der Waals surface area contributed by atoms with E-state index in [1.54, 1.807) is 23.0 Å². The second-order valence-electron chi connectivity index (χ2n) is 3.46. The number of pyridine rings is 1. The average molecular weight is 228 g/mol. The van der Waals surface area contributed by atoms with Gasteiger partial charge in [0, 0.05) is 23.2 Å². The van der Waals surface area contributed by atoms with Gasteiger partial charge in [-0.2, -0.15) is 0 Å². The Labute approximate surface area is 96.0 Å². The van der Waals surface area contributed by atoms with E-state index in [-0.39, 0.29) is 5.75 Å². The van der Waals surface area contributed by atoms with E-state index in [9.17, 15) is 5.11 Å². The lowest BCUT2D eigenvalue weighted by Gasteiger charge is -2.02. The molecule has 78 valence electrons. The van der Waals surface area contributed by atoms with E-state index in [0.29, 0.717) is 0 Å². The van der Waals surface area contributed by atoms with E-state index in [1.165, 1.54) is 6.20 Å². The molecule has 3 rings (SSSR count). The number of nitrogens with zero attached hydrogens (tertiary/aromatic N) is 2. The van der Waals surface area contributed by atoms with E-state index >= 15 is 0 Å². The van der Waals surface area contributed by atoms with Crippen LogP contribution in [-0.2, 0) is 0 Å². The van der Waals surface area contributed by atoms with Crippen molar-refractivity contribution in [2.45, 2.75) is 0 Å². The number of aromatic hydroxyl groups is 1. The zero-order chi connectivity index (χ0) is 11.0. The topological polar surface area (TPSA) is 46.0 Å². The van der Waals surface area contributed by atoms with Crippen molar-refractivity contribution in [3.05, 3.63) is 42.3 Å². The van der Waals surface area contributed by atoms with E-state index in [2.05, 4.69) is 9.97 Å². The molecule has 0 saturated heterocycles. The van der Waals surface area contributed by atoms with Crippen LogP contribution < -0.4 is 0 Å². The highest BCUT2D eigenvalue weighted by Crippen LogP contribution is 2.30. The molecular weight excluding hydrogens is 220 g/mol. The van der Waals surface area contributed by atoms with E-state index in [0.717, 1.165) is 21.2 Å². The Morgan fingerprint density at radius 1 is 1.06 bits per heavy atom. The Morgan fingerprint density at radius 3 is 2.81 bits per heavy atom. The van der Waals surface area contributed by atoms with Gasteiger partial charge in [-0.1, -0.05) is 12.1 Å². The van der Waals surface area contributed by atoms with Crippen LogP contribution in [0.3, 0.4) is 0 Å². The summed E-state index contributed by atoms with van der Waals surface area (Å²) in [5.41, 5.74) is 2.86. The fourth-order valence-corrected chi connectivity index (χ4v) is 2.28. The SMILES string of the molecule is Oc1cncc2ccc(-c3cncs3)cc12. The van der Waals surface area contributed by atoms with Gasteiger partial charge in [0.15, 0.2) is 0 Å². The van der Waals surface area contributed by atoms with Crippen LogP contribution in [0, 0.1) is 0 Å². The number of aromatic nitrogens is 2. The Bertz CT molecular complexity index is 635. The summed E-state index contributed by atoms with van der Waals surface area (Å²) in [7, 11) is 0. The standard InChI is InChI=1S/C12H8N2OS/c15-11-5-13-4-9-2-1-8(3-10(9)11)12-6-14-7-16-12/h1-7,15H. The molecule has 0 aliphatic rings. The molecule has 0 radical (unpaired) electrons. The molecule has 1 N–H and O–H groups in total. The van der Waals surface area contributed by atoms with Crippen LogP contribution in [0.25, 0.3) is 21.2 Å². The van der Waals surface area contributed by atoms with E-state index in [4.69, 9.17) is 0 Å². The summed E-state index contributed by atoms with van der Waals surface area (Å²) in [6, 6.07) is 5.92. The van der Waals surface area contributed by atoms with E-state index in [1.807, 2.05) is 24.4 Å². The number of hydrogen-bond donors (Lipinski definition) is 1. The lowest BCUT2D eigenvalue weighted by Crippen LogP contribution is -1.79. The summed E-state index contributed by atoms with van der Waals surface area (Å²) < 4.78 is 0. The molecule has 4 heteroatoms. The maximum Gasteiger partial charge on any atom is 0.141 e. The molecule has 0 unspecified atom stereocenters. The van der Waals surface area contributed by atoms with Crippen LogP contribution in [0.4, 0.5) is 0 Å². The molecule has 0 saturated carbocycles. The molecule has 16 heavy (non-hydrogen) atoms. The highest BCUT2D eigenvalue weighted by Gasteiger charge is 2.04. The van der Waals surface area contributed by atoms with Gasteiger partial charge in [0.2, 0.25) is 0 Å². The maximum atomic E-state index is 9.72. The zero-order valence-corrected chi connectivity index (χ0v) is 9.11. The van der Waals surface area contributed by atoms with E-state index < -0.39 is 0 Å². The first-order valence-corrected chi connectivity index (χ1v) is 5.68. The summed E-state index contributed by atoms with van der Waals surface area (Å²) in [6.07, 6.45) is 5.02. The zero-order valence-electron chi connectivity index (χ0n) is 8.29. The van der Waals surface area contributed by atoms with Crippen molar-refractivity contribution in [1.82, 2.24) is 9.97 Å². The minimum atomic E-state index is 0.212. The van der Waals surface area contributed by atoms with Gasteiger partial charge in [-0.25, -0.2) is 0 Å². The van der Waals surface area contributed by atoms with Crippen molar-refractivity contribution in [3.63, 3.8) is 0 Å². The summed E-state index contributed by atoms with van der Waals surface area (Å²) in [6.45, 7) is 0. The predicted molar refractivity (Wildman–Crippen MR) is 64.5 cm³/mol. The number of hydrogen-bond acceptors (Lipinski definition) is 4. The summed E-state index contributed by atoms with van der Waals surface area (Å²) in [5, 5.41) is 11.5. The quantitative estimate of drug-likeness (QED) is 0.696. The molecule has 0 aliphatic heterocycles. The minimum Gasteiger partial charge on any atom is -0.506 e. The molecule has 0 atom stereocenters. The fourth-order valence-electron chi connectivity index (χ4n) is 1.66. The first kappa shape index (κ1) is 9.30. The van der Waals surface area contributed by atoms with Crippen molar-refractivity contribution in [2.75, 3.05) is 0 Å². The van der Waals surface area contributed by atoms with Gasteiger partial charge in [-0.15, -0.1) is 11.3 Å². The molecule has 3 aromatic rings. The largest absolute Gasteiger partial charge is 0.506 e. The molecule has 0 aliphatic carbocycles. The van der Waals surface area contributed by atoms with Gasteiger partial charge >= 0.3 is 0 Å². The van der Waals surface area contributed by atoms with Crippen molar-refractivity contribution >= 4 is 22.1 Å². The van der Waals surface area contributed by atoms with Gasteiger partial charge in [0.25, 0.3) is 0 Å². The minimum absolute atomic E-state index is 0.212. The van der Waals surface area contributed by atoms with Gasteiger partial charge in [-0.05, 0) is 11.6 Å². The van der Waals surface area contributed by atoms with Gasteiger partial charge in [0.1, 0.15) is 5.75 Å². The van der Waals surface area contributed by atoms with Crippen LogP contribution in [0.2, 0.25) is 0 Å². The molecule has 3 nitrogen and oxygen atoms in total. The molecule has 0 spiro atoms. The van der Waals surface area contributed by atoms with Crippen LogP contribution in [0.15, 0.2) is 42.3 Å². The molecule has 0 fully saturated rings. The predicted octanol–water partition coefficient (Wildman–Crippen LogP) is 3.06. The van der Waals surface area contributed by atoms with Gasteiger partial charge in [0.05, 0.1) is 16.6 Å². The Balaban J connectivity index is 2.27. The number of fused-ring (bicyclic) bond motifs is 1. The van der Waals surface area contributed by atoms with Crippen LogP contribution in [-0.4, -0.2) is 15.1 Å². The van der Waals surface area contributed by atoms with Crippen molar-refractivity contribution in [3.8, 4) is 16.2 Å². The maximum absolute atomic E-state index is 9.72. The molecule has 2 heterocycles. The first-order valence-electron chi connectivity index (χ1n) is 4.80. The summed E-state index contributed by atoms with van der Waals surface area (Å²) >= 11 is 1.58.